The molecule has 0 aliphatic heterocycles. The van der Waals surface area contributed by atoms with Crippen molar-refractivity contribution in [2.45, 2.75) is 32.4 Å². The lowest BCUT2D eigenvalue weighted by Gasteiger charge is -2.08. The van der Waals surface area contributed by atoms with Gasteiger partial charge in [-0.1, -0.05) is 24.3 Å². The van der Waals surface area contributed by atoms with E-state index in [4.69, 9.17) is 5.73 Å². The summed E-state index contributed by atoms with van der Waals surface area (Å²) in [5.41, 5.74) is 9.83. The van der Waals surface area contributed by atoms with E-state index in [1.807, 2.05) is 55.7 Å². The Hall–Kier alpha value is -2.66. The van der Waals surface area contributed by atoms with Crippen LogP contribution in [-0.2, 0) is 11.3 Å². The molecule has 0 saturated carbocycles. The average Bonchev–Trinajstić information content (AvgIpc) is 3.02. The van der Waals surface area contributed by atoms with Crippen molar-refractivity contribution in [2.75, 3.05) is 0 Å². The molecular weight excluding hydrogens is 300 g/mol. The first-order valence-electron chi connectivity index (χ1n) is 8.17. The zero-order valence-corrected chi connectivity index (χ0v) is 13.8. The quantitative estimate of drug-likeness (QED) is 0.733. The molecule has 2 aromatic carbocycles. The van der Waals surface area contributed by atoms with Crippen molar-refractivity contribution in [1.29, 1.82) is 0 Å². The maximum absolute atomic E-state index is 11.7. The maximum atomic E-state index is 11.7. The molecule has 124 valence electrons. The van der Waals surface area contributed by atoms with Gasteiger partial charge in [0.25, 0.3) is 0 Å². The molecular formula is C19H22N4O. The fourth-order valence-corrected chi connectivity index (χ4v) is 2.59. The topological polar surface area (TPSA) is 72.9 Å². The van der Waals surface area contributed by atoms with Crippen molar-refractivity contribution in [3.8, 4) is 5.69 Å². The first kappa shape index (κ1) is 16.2. The SMILES string of the molecule is CC(N)CCC(=O)NCc1ccc(-n2cnc3ccccc32)cc1. The molecule has 3 rings (SSSR count). The summed E-state index contributed by atoms with van der Waals surface area (Å²) in [7, 11) is 0. The molecule has 0 fully saturated rings. The third-order valence-corrected chi connectivity index (χ3v) is 3.98. The average molecular weight is 322 g/mol. The summed E-state index contributed by atoms with van der Waals surface area (Å²) in [5, 5.41) is 2.92. The second kappa shape index (κ2) is 7.27. The molecule has 24 heavy (non-hydrogen) atoms. The van der Waals surface area contributed by atoms with Crippen molar-refractivity contribution in [3.05, 3.63) is 60.4 Å². The summed E-state index contributed by atoms with van der Waals surface area (Å²) in [6, 6.07) is 16.2. The highest BCUT2D eigenvalue weighted by Gasteiger charge is 2.05. The molecule has 0 aliphatic carbocycles. The van der Waals surface area contributed by atoms with Gasteiger partial charge < -0.3 is 11.1 Å². The van der Waals surface area contributed by atoms with Crippen molar-refractivity contribution in [1.82, 2.24) is 14.9 Å². The molecule has 0 aliphatic rings. The summed E-state index contributed by atoms with van der Waals surface area (Å²) in [4.78, 5) is 16.1. The van der Waals surface area contributed by atoms with Crippen molar-refractivity contribution >= 4 is 16.9 Å². The van der Waals surface area contributed by atoms with Gasteiger partial charge >= 0.3 is 0 Å². The standard InChI is InChI=1S/C19H22N4O/c1-14(20)6-11-19(24)21-12-15-7-9-16(10-8-15)23-13-22-17-4-2-3-5-18(17)23/h2-5,7-10,13-14H,6,11-12,20H2,1H3,(H,21,24). The first-order chi connectivity index (χ1) is 11.6. The van der Waals surface area contributed by atoms with Crippen LogP contribution >= 0.6 is 0 Å². The molecule has 1 unspecified atom stereocenters. The lowest BCUT2D eigenvalue weighted by Crippen LogP contribution is -2.25. The van der Waals surface area contributed by atoms with Crippen molar-refractivity contribution in [3.63, 3.8) is 0 Å². The summed E-state index contributed by atoms with van der Waals surface area (Å²) in [5.74, 6) is 0.0389. The monoisotopic (exact) mass is 322 g/mol. The number of nitrogens with zero attached hydrogens (tertiary/aromatic N) is 2. The van der Waals surface area contributed by atoms with E-state index in [2.05, 4.69) is 20.9 Å². The number of nitrogens with one attached hydrogen (secondary N) is 1. The van der Waals surface area contributed by atoms with Crippen molar-refractivity contribution in [2.24, 2.45) is 5.73 Å². The predicted octanol–water partition coefficient (Wildman–Crippen LogP) is 2.77. The number of imidazole rings is 1. The molecule has 0 spiro atoms. The summed E-state index contributed by atoms with van der Waals surface area (Å²) < 4.78 is 2.06. The molecule has 1 heterocycles. The number of para-hydroxylation sites is 2. The van der Waals surface area contributed by atoms with Gasteiger partial charge in [0.1, 0.15) is 6.33 Å². The number of hydrogen-bond acceptors (Lipinski definition) is 3. The van der Waals surface area contributed by atoms with E-state index < -0.39 is 0 Å². The summed E-state index contributed by atoms with van der Waals surface area (Å²) >= 11 is 0. The Morgan fingerprint density at radius 1 is 1.21 bits per heavy atom. The molecule has 5 heteroatoms. The summed E-state index contributed by atoms with van der Waals surface area (Å²) in [6.45, 7) is 2.44. The van der Waals surface area contributed by atoms with Gasteiger partial charge in [0.2, 0.25) is 5.91 Å². The van der Waals surface area contributed by atoms with Gasteiger partial charge in [-0.2, -0.15) is 0 Å². The number of benzene rings is 2. The molecule has 1 aromatic heterocycles. The molecule has 0 radical (unpaired) electrons. The van der Waals surface area contributed by atoms with Gasteiger partial charge in [-0.3, -0.25) is 9.36 Å². The van der Waals surface area contributed by atoms with Crippen LogP contribution in [0.25, 0.3) is 16.7 Å². The largest absolute Gasteiger partial charge is 0.352 e. The number of amides is 1. The van der Waals surface area contributed by atoms with Crippen LogP contribution in [0.4, 0.5) is 0 Å². The minimum absolute atomic E-state index is 0.0389. The molecule has 0 saturated heterocycles. The van der Waals surface area contributed by atoms with Crippen LogP contribution in [-0.4, -0.2) is 21.5 Å². The van der Waals surface area contributed by atoms with E-state index in [1.165, 1.54) is 0 Å². The highest BCUT2D eigenvalue weighted by Crippen LogP contribution is 2.18. The van der Waals surface area contributed by atoms with E-state index in [-0.39, 0.29) is 11.9 Å². The molecule has 3 N–H and O–H groups in total. The zero-order valence-electron chi connectivity index (χ0n) is 13.8. The second-order valence-corrected chi connectivity index (χ2v) is 6.06. The second-order valence-electron chi connectivity index (χ2n) is 6.06. The smallest absolute Gasteiger partial charge is 0.220 e. The van der Waals surface area contributed by atoms with E-state index in [9.17, 15) is 4.79 Å². The van der Waals surface area contributed by atoms with Crippen LogP contribution < -0.4 is 11.1 Å². The molecule has 0 bridgehead atoms. The van der Waals surface area contributed by atoms with E-state index in [0.29, 0.717) is 19.4 Å². The highest BCUT2D eigenvalue weighted by molar-refractivity contribution is 5.77. The number of fused-ring (bicyclic) bond motifs is 1. The van der Waals surface area contributed by atoms with Crippen LogP contribution in [0.5, 0.6) is 0 Å². The number of carbonyl (C=O) groups is 1. The van der Waals surface area contributed by atoms with Crippen LogP contribution in [0, 0.1) is 0 Å². The maximum Gasteiger partial charge on any atom is 0.220 e. The number of aromatic nitrogens is 2. The third-order valence-electron chi connectivity index (χ3n) is 3.98. The van der Waals surface area contributed by atoms with Crippen LogP contribution in [0.15, 0.2) is 54.9 Å². The van der Waals surface area contributed by atoms with E-state index in [0.717, 1.165) is 22.3 Å². The fourth-order valence-electron chi connectivity index (χ4n) is 2.59. The van der Waals surface area contributed by atoms with E-state index in [1.54, 1.807) is 0 Å². The summed E-state index contributed by atoms with van der Waals surface area (Å²) in [6.07, 6.45) is 3.00. The lowest BCUT2D eigenvalue weighted by atomic mass is 10.1. The Kier molecular flexibility index (Phi) is 4.91. The van der Waals surface area contributed by atoms with Gasteiger partial charge in [-0.15, -0.1) is 0 Å². The Morgan fingerprint density at radius 2 is 1.96 bits per heavy atom. The first-order valence-corrected chi connectivity index (χ1v) is 8.17. The predicted molar refractivity (Wildman–Crippen MR) is 95.8 cm³/mol. The Morgan fingerprint density at radius 3 is 2.71 bits per heavy atom. The third kappa shape index (κ3) is 3.81. The number of carbonyl (C=O) groups excluding carboxylic acids is 1. The molecule has 1 atom stereocenters. The van der Waals surface area contributed by atoms with Crippen LogP contribution in [0.2, 0.25) is 0 Å². The number of hydrogen-bond donors (Lipinski definition) is 2. The number of rotatable bonds is 6. The minimum atomic E-state index is 0.0389. The molecule has 1 amide bonds. The van der Waals surface area contributed by atoms with Gasteiger partial charge in [0.15, 0.2) is 0 Å². The molecule has 3 aromatic rings. The highest BCUT2D eigenvalue weighted by atomic mass is 16.1. The molecule has 5 nitrogen and oxygen atoms in total. The Labute approximate surface area is 141 Å². The lowest BCUT2D eigenvalue weighted by molar-refractivity contribution is -0.121. The Balaban J connectivity index is 1.64. The zero-order chi connectivity index (χ0) is 16.9. The Bertz CT molecular complexity index is 821. The number of nitrogens with two attached hydrogens (primary N) is 1. The van der Waals surface area contributed by atoms with Crippen LogP contribution in [0.1, 0.15) is 25.3 Å². The van der Waals surface area contributed by atoms with Crippen LogP contribution in [0.3, 0.4) is 0 Å². The fraction of sp³-hybridized carbons (Fsp3) is 0.263. The van der Waals surface area contributed by atoms with Crippen molar-refractivity contribution < 1.29 is 4.79 Å². The van der Waals surface area contributed by atoms with Gasteiger partial charge in [0, 0.05) is 24.7 Å². The van der Waals surface area contributed by atoms with Gasteiger partial charge in [-0.05, 0) is 43.2 Å². The van der Waals surface area contributed by atoms with Gasteiger partial charge in [0.05, 0.1) is 11.0 Å². The minimum Gasteiger partial charge on any atom is -0.352 e. The van der Waals surface area contributed by atoms with E-state index >= 15 is 0 Å². The normalized spacial score (nSPS) is 12.2. The van der Waals surface area contributed by atoms with Gasteiger partial charge in [-0.25, -0.2) is 4.98 Å².